The molecular formula is CH8P4. The van der Waals surface area contributed by atoms with Crippen LogP contribution in [0, 0.1) is 0 Å². The van der Waals surface area contributed by atoms with Gasteiger partial charge in [0.25, 0.3) is 0 Å². The first-order valence-corrected chi connectivity index (χ1v) is 8.28. The summed E-state index contributed by atoms with van der Waals surface area (Å²) in [6, 6.07) is 0. The van der Waals surface area contributed by atoms with Crippen molar-refractivity contribution in [2.24, 2.45) is 0 Å². The molecule has 5 heavy (non-hydrogen) atoms. The van der Waals surface area contributed by atoms with Crippen LogP contribution in [0.2, 0.25) is 0 Å². The van der Waals surface area contributed by atoms with Gasteiger partial charge in [-0.3, -0.25) is 0 Å². The molecule has 0 heterocycles. The molecule has 0 N–H and O–H groups in total. The second-order valence-electron chi connectivity index (χ2n) is 0.740. The third-order valence-electron chi connectivity index (χ3n) is 0.204. The molecule has 0 rings (SSSR count). The molecule has 0 aliphatic carbocycles. The summed E-state index contributed by atoms with van der Waals surface area (Å²) < 4.78 is 0. The van der Waals surface area contributed by atoms with Crippen molar-refractivity contribution in [3.63, 3.8) is 0 Å². The maximum Gasteiger partial charge on any atom is -0.0371 e. The van der Waals surface area contributed by atoms with E-state index in [9.17, 15) is 0 Å². The average Bonchev–Trinajstić information content (AvgIpc) is 1.38. The Morgan fingerprint density at radius 3 is 2.00 bits per heavy atom. The molecule has 0 saturated heterocycles. The zero-order valence-corrected chi connectivity index (χ0v) is 7.31. The summed E-state index contributed by atoms with van der Waals surface area (Å²) in [5, 5.41) is 0. The lowest BCUT2D eigenvalue weighted by Crippen LogP contribution is -1.22. The molecular weight excluding hydrogens is 136 g/mol. The third-order valence-corrected chi connectivity index (χ3v) is 9.52. The van der Waals surface area contributed by atoms with Gasteiger partial charge >= 0.3 is 0 Å². The summed E-state index contributed by atoms with van der Waals surface area (Å²) in [4.78, 5) is 0. The standard InChI is InChI=1S/CH8P4/c1-5(3)4-2/h4H,2-3H2,1H3. The summed E-state index contributed by atoms with van der Waals surface area (Å²) in [6.07, 6.45) is 0. The van der Waals surface area contributed by atoms with Crippen molar-refractivity contribution >= 4 is 33.1 Å². The Morgan fingerprint density at radius 2 is 2.00 bits per heavy atom. The van der Waals surface area contributed by atoms with Crippen LogP contribution in [0.1, 0.15) is 0 Å². The lowest BCUT2D eigenvalue weighted by Gasteiger charge is -1.92. The molecule has 0 aliphatic heterocycles. The molecule has 0 aromatic rings. The highest BCUT2D eigenvalue weighted by molar-refractivity contribution is 8.60. The van der Waals surface area contributed by atoms with E-state index < -0.39 is 0 Å². The van der Waals surface area contributed by atoms with Crippen LogP contribution in [0.25, 0.3) is 0 Å². The number of hydrogen-bond acceptors (Lipinski definition) is 0. The first-order chi connectivity index (χ1) is 2.27. The van der Waals surface area contributed by atoms with Gasteiger partial charge in [-0.25, -0.2) is 0 Å². The summed E-state index contributed by atoms with van der Waals surface area (Å²) in [6.45, 7) is 2.24. The Balaban J connectivity index is 2.54. The van der Waals surface area contributed by atoms with Crippen LogP contribution in [0.15, 0.2) is 0 Å². The van der Waals surface area contributed by atoms with E-state index in [1.807, 2.05) is 0 Å². The van der Waals surface area contributed by atoms with Crippen molar-refractivity contribution in [2.45, 2.75) is 0 Å². The second-order valence-corrected chi connectivity index (χ2v) is 11.3. The van der Waals surface area contributed by atoms with Gasteiger partial charge in [-0.15, -0.1) is 17.9 Å². The van der Waals surface area contributed by atoms with Gasteiger partial charge in [0.2, 0.25) is 0 Å². The summed E-state index contributed by atoms with van der Waals surface area (Å²) in [7, 11) is 6.89. The first-order valence-electron chi connectivity index (χ1n) is 1.22. The highest BCUT2D eigenvalue weighted by atomic mass is 32.6. The maximum atomic E-state index is 2.79. The minimum atomic E-state index is 0.309. The van der Waals surface area contributed by atoms with E-state index in [1.165, 1.54) is 0 Å². The smallest absolute Gasteiger partial charge is 0.0371 e. The maximum absolute atomic E-state index is 2.79. The Morgan fingerprint density at radius 1 is 1.80 bits per heavy atom. The third kappa shape index (κ3) is 5.72. The van der Waals surface area contributed by atoms with E-state index in [-0.39, 0.29) is 0 Å². The van der Waals surface area contributed by atoms with E-state index in [4.69, 9.17) is 0 Å². The van der Waals surface area contributed by atoms with Gasteiger partial charge in [0, 0.05) is 0 Å². The van der Waals surface area contributed by atoms with Crippen molar-refractivity contribution in [3.8, 4) is 0 Å². The van der Waals surface area contributed by atoms with E-state index in [0.717, 1.165) is 7.96 Å². The normalized spacial score (nSPS) is 17.4. The van der Waals surface area contributed by atoms with Gasteiger partial charge in [-0.05, 0) is 6.66 Å². The molecule has 0 aromatic heterocycles. The van der Waals surface area contributed by atoms with E-state index in [0.29, 0.717) is 7.30 Å². The molecule has 0 aromatic carbocycles. The zero-order valence-electron chi connectivity index (χ0n) is 3.10. The van der Waals surface area contributed by atoms with E-state index >= 15 is 0 Å². The Kier molecular flexibility index (Phi) is 5.23. The molecule has 0 radical (unpaired) electrons. The fourth-order valence-electron chi connectivity index (χ4n) is 0. The van der Waals surface area contributed by atoms with E-state index in [1.54, 1.807) is 0 Å². The van der Waals surface area contributed by atoms with Crippen molar-refractivity contribution in [1.29, 1.82) is 0 Å². The lowest BCUT2D eigenvalue weighted by molar-refractivity contribution is 2.50. The molecule has 0 aliphatic rings. The average molecular weight is 144 g/mol. The van der Waals surface area contributed by atoms with Gasteiger partial charge in [0.15, 0.2) is 0 Å². The van der Waals surface area contributed by atoms with Gasteiger partial charge in [-0.2, -0.15) is 0 Å². The highest BCUT2D eigenvalue weighted by Gasteiger charge is 1.78. The highest BCUT2D eigenvalue weighted by Crippen LogP contribution is 2.62. The predicted octanol–water partition coefficient (Wildman–Crippen LogP) is 2.27. The minimum Gasteiger partial charge on any atom is -0.110 e. The van der Waals surface area contributed by atoms with Crippen molar-refractivity contribution in [3.05, 3.63) is 0 Å². The zero-order chi connectivity index (χ0) is 4.28. The fourth-order valence-corrected chi connectivity index (χ4v) is 0. The van der Waals surface area contributed by atoms with Crippen LogP contribution in [0.5, 0.6) is 0 Å². The van der Waals surface area contributed by atoms with Crippen molar-refractivity contribution in [2.75, 3.05) is 6.66 Å². The molecule has 0 nitrogen and oxygen atoms in total. The molecule has 0 amide bonds. The Bertz CT molecular complexity index is 17.6. The van der Waals surface area contributed by atoms with Crippen LogP contribution in [-0.2, 0) is 0 Å². The van der Waals surface area contributed by atoms with Crippen LogP contribution >= 0.6 is 33.1 Å². The molecule has 4 unspecified atom stereocenters. The number of hydrogen-bond donors (Lipinski definition) is 0. The molecule has 4 atom stereocenters. The Labute approximate surface area is 40.5 Å². The largest absolute Gasteiger partial charge is 0.110 e. The summed E-state index contributed by atoms with van der Waals surface area (Å²) in [5.41, 5.74) is 0. The monoisotopic (exact) mass is 144 g/mol. The fraction of sp³-hybridized carbons (Fsp3) is 1.00. The molecule has 4 heteroatoms. The van der Waals surface area contributed by atoms with Gasteiger partial charge in [0.05, 0.1) is 0 Å². The van der Waals surface area contributed by atoms with Crippen LogP contribution in [0.3, 0.4) is 0 Å². The van der Waals surface area contributed by atoms with E-state index in [2.05, 4.69) is 24.5 Å². The molecule has 0 spiro atoms. The molecule has 0 fully saturated rings. The second kappa shape index (κ2) is 3.89. The SMILES string of the molecule is CP(P)PP. The van der Waals surface area contributed by atoms with Gasteiger partial charge in [-0.1, -0.05) is 15.3 Å². The lowest BCUT2D eigenvalue weighted by atomic mass is 12.0. The molecule has 32 valence electrons. The summed E-state index contributed by atoms with van der Waals surface area (Å²) >= 11 is 0. The van der Waals surface area contributed by atoms with Crippen molar-refractivity contribution < 1.29 is 0 Å². The van der Waals surface area contributed by atoms with Crippen molar-refractivity contribution in [1.82, 2.24) is 0 Å². The minimum absolute atomic E-state index is 0.309. The van der Waals surface area contributed by atoms with Gasteiger partial charge in [0.1, 0.15) is 0 Å². The Hall–Kier alpha value is 1.72. The molecule has 0 bridgehead atoms. The first kappa shape index (κ1) is 6.72. The topological polar surface area (TPSA) is 0 Å². The predicted molar refractivity (Wildman–Crippen MR) is 40.6 cm³/mol. The van der Waals surface area contributed by atoms with Crippen LogP contribution < -0.4 is 0 Å². The quantitative estimate of drug-likeness (QED) is 0.495. The molecule has 0 saturated carbocycles. The van der Waals surface area contributed by atoms with Crippen LogP contribution in [0.4, 0.5) is 0 Å². The number of rotatable bonds is 1. The summed E-state index contributed by atoms with van der Waals surface area (Å²) in [5.74, 6) is 0. The van der Waals surface area contributed by atoms with Crippen LogP contribution in [-0.4, -0.2) is 6.66 Å². The van der Waals surface area contributed by atoms with Gasteiger partial charge < -0.3 is 0 Å².